The Bertz CT molecular complexity index is 530. The third-order valence-corrected chi connectivity index (χ3v) is 3.03. The Labute approximate surface area is 118 Å². The van der Waals surface area contributed by atoms with Gasteiger partial charge in [0.05, 0.1) is 12.0 Å². The number of aryl methyl sites for hydroxylation is 1. The summed E-state index contributed by atoms with van der Waals surface area (Å²) in [7, 11) is 0. The first-order valence-electron chi connectivity index (χ1n) is 5.39. The summed E-state index contributed by atoms with van der Waals surface area (Å²) in [6.45, 7) is 1.86. The van der Waals surface area contributed by atoms with Crippen molar-refractivity contribution in [3.63, 3.8) is 0 Å². The van der Waals surface area contributed by atoms with E-state index in [-0.39, 0.29) is 0 Å². The van der Waals surface area contributed by atoms with Crippen LogP contribution in [0, 0.1) is 6.92 Å². The number of nitrogens with two attached hydrogens (primary N) is 1. The number of hydrogen-bond acceptors (Lipinski definition) is 3. The van der Waals surface area contributed by atoms with E-state index in [4.69, 9.17) is 10.8 Å². The van der Waals surface area contributed by atoms with Gasteiger partial charge in [-0.15, -0.1) is 0 Å². The van der Waals surface area contributed by atoms with Gasteiger partial charge in [-0.2, -0.15) is 0 Å². The summed E-state index contributed by atoms with van der Waals surface area (Å²) < 4.78 is 0.549. The predicted octanol–water partition coefficient (Wildman–Crippen LogP) is 0.816. The molecule has 0 unspecified atom stereocenters. The highest BCUT2D eigenvalue weighted by molar-refractivity contribution is 9.10. The molecule has 0 aromatic heterocycles. The number of aliphatic carboxylic acids is 1. The molecule has 0 saturated carbocycles. The molecule has 4 N–H and O–H groups in total. The number of rotatable bonds is 5. The lowest BCUT2D eigenvalue weighted by atomic mass is 10.1. The normalized spacial score (nSPS) is 11.7. The Balaban J connectivity index is 2.87. The largest absolute Gasteiger partial charge is 0.480 e. The van der Waals surface area contributed by atoms with E-state index in [2.05, 4.69) is 21.2 Å². The summed E-state index contributed by atoms with van der Waals surface area (Å²) in [6.07, 6.45) is -0.454. The minimum Gasteiger partial charge on any atom is -0.480 e. The van der Waals surface area contributed by atoms with Crippen molar-refractivity contribution in [3.05, 3.63) is 33.8 Å². The van der Waals surface area contributed by atoms with Crippen molar-refractivity contribution >= 4 is 33.7 Å². The van der Waals surface area contributed by atoms with E-state index < -0.39 is 30.2 Å². The van der Waals surface area contributed by atoms with Gasteiger partial charge >= 0.3 is 5.97 Å². The van der Waals surface area contributed by atoms with Gasteiger partial charge in [0, 0.05) is 4.47 Å². The standard InChI is InChI=1S/C12H13BrN2O4/c1-6-2-3-7(8(13)4-6)11(17)15-9(12(18)19)5-10(14)16/h2-4,9H,5H2,1H3,(H2,14,16)(H,15,17)(H,18,19)/t9-/m0/s1. The molecule has 0 bridgehead atoms. The van der Waals surface area contributed by atoms with Gasteiger partial charge in [-0.1, -0.05) is 6.07 Å². The fourth-order valence-corrected chi connectivity index (χ4v) is 2.11. The third-order valence-electron chi connectivity index (χ3n) is 2.38. The van der Waals surface area contributed by atoms with Crippen molar-refractivity contribution in [2.24, 2.45) is 5.73 Å². The number of hydrogen-bond donors (Lipinski definition) is 3. The van der Waals surface area contributed by atoms with Crippen LogP contribution in [0.4, 0.5) is 0 Å². The van der Waals surface area contributed by atoms with Crippen LogP contribution in [0.5, 0.6) is 0 Å². The second kappa shape index (κ2) is 6.33. The molecule has 1 atom stereocenters. The van der Waals surface area contributed by atoms with E-state index in [1.807, 2.05) is 6.92 Å². The van der Waals surface area contributed by atoms with Crippen molar-refractivity contribution in [1.29, 1.82) is 0 Å². The fraction of sp³-hybridized carbons (Fsp3) is 0.250. The molecule has 1 rings (SSSR count). The lowest BCUT2D eigenvalue weighted by Crippen LogP contribution is -2.43. The first-order valence-corrected chi connectivity index (χ1v) is 6.18. The zero-order valence-corrected chi connectivity index (χ0v) is 11.7. The van der Waals surface area contributed by atoms with Gasteiger partial charge in [0.25, 0.3) is 5.91 Å². The van der Waals surface area contributed by atoms with Crippen LogP contribution < -0.4 is 11.1 Å². The van der Waals surface area contributed by atoms with Gasteiger partial charge in [-0.05, 0) is 40.5 Å². The van der Waals surface area contributed by atoms with E-state index in [1.165, 1.54) is 0 Å². The molecule has 6 nitrogen and oxygen atoms in total. The molecule has 19 heavy (non-hydrogen) atoms. The molecule has 102 valence electrons. The second-order valence-corrected chi connectivity index (χ2v) is 4.87. The van der Waals surface area contributed by atoms with E-state index in [0.29, 0.717) is 10.0 Å². The van der Waals surface area contributed by atoms with Gasteiger partial charge in [0.2, 0.25) is 5.91 Å². The Hall–Kier alpha value is -1.89. The molecule has 2 amide bonds. The molecule has 0 aliphatic carbocycles. The smallest absolute Gasteiger partial charge is 0.326 e. The number of carboxylic acids is 1. The number of primary amides is 1. The van der Waals surface area contributed by atoms with Crippen LogP contribution in [-0.4, -0.2) is 28.9 Å². The van der Waals surface area contributed by atoms with Crippen molar-refractivity contribution in [1.82, 2.24) is 5.32 Å². The number of carboxylic acid groups (broad SMARTS) is 1. The number of halogens is 1. The van der Waals surface area contributed by atoms with Crippen molar-refractivity contribution < 1.29 is 19.5 Å². The third kappa shape index (κ3) is 4.36. The summed E-state index contributed by atoms with van der Waals surface area (Å²) in [5, 5.41) is 11.2. The second-order valence-electron chi connectivity index (χ2n) is 4.02. The summed E-state index contributed by atoms with van der Waals surface area (Å²) >= 11 is 3.23. The van der Waals surface area contributed by atoms with Crippen LogP contribution in [0.1, 0.15) is 22.3 Å². The maximum Gasteiger partial charge on any atom is 0.326 e. The molecule has 0 saturated heterocycles. The molecule has 0 spiro atoms. The fourth-order valence-electron chi connectivity index (χ4n) is 1.44. The molecule has 1 aromatic rings. The van der Waals surface area contributed by atoms with E-state index in [9.17, 15) is 14.4 Å². The van der Waals surface area contributed by atoms with Crippen LogP contribution in [-0.2, 0) is 9.59 Å². The zero-order valence-electron chi connectivity index (χ0n) is 10.1. The number of amides is 2. The lowest BCUT2D eigenvalue weighted by Gasteiger charge is -2.13. The molecule has 7 heteroatoms. The van der Waals surface area contributed by atoms with Crippen molar-refractivity contribution in [2.75, 3.05) is 0 Å². The van der Waals surface area contributed by atoms with E-state index in [0.717, 1.165) is 5.56 Å². The maximum atomic E-state index is 11.9. The summed E-state index contributed by atoms with van der Waals surface area (Å²) in [4.78, 5) is 33.6. The van der Waals surface area contributed by atoms with Crippen LogP contribution in [0.25, 0.3) is 0 Å². The number of carbonyl (C=O) groups is 3. The molecule has 0 fully saturated rings. The van der Waals surface area contributed by atoms with Gasteiger partial charge in [0.15, 0.2) is 0 Å². The van der Waals surface area contributed by atoms with E-state index in [1.54, 1.807) is 18.2 Å². The molecular weight excluding hydrogens is 316 g/mol. The Morgan fingerprint density at radius 3 is 2.53 bits per heavy atom. The zero-order chi connectivity index (χ0) is 14.6. The average molecular weight is 329 g/mol. The molecule has 0 radical (unpaired) electrons. The SMILES string of the molecule is Cc1ccc(C(=O)N[C@@H](CC(N)=O)C(=O)O)c(Br)c1. The van der Waals surface area contributed by atoms with Crippen molar-refractivity contribution in [2.45, 2.75) is 19.4 Å². The Morgan fingerprint density at radius 1 is 1.42 bits per heavy atom. The minimum absolute atomic E-state index is 0.293. The molecule has 0 heterocycles. The average Bonchev–Trinajstić information content (AvgIpc) is 2.26. The highest BCUT2D eigenvalue weighted by atomic mass is 79.9. The van der Waals surface area contributed by atoms with Crippen LogP contribution in [0.15, 0.2) is 22.7 Å². The Kier molecular flexibility index (Phi) is 5.05. The van der Waals surface area contributed by atoms with Gasteiger partial charge in [0.1, 0.15) is 6.04 Å². The first-order chi connectivity index (χ1) is 8.81. The van der Waals surface area contributed by atoms with Crippen LogP contribution >= 0.6 is 15.9 Å². The van der Waals surface area contributed by atoms with Gasteiger partial charge in [-0.25, -0.2) is 4.79 Å². The lowest BCUT2D eigenvalue weighted by molar-refractivity contribution is -0.140. The topological polar surface area (TPSA) is 109 Å². The van der Waals surface area contributed by atoms with Crippen LogP contribution in [0.2, 0.25) is 0 Å². The molecular formula is C12H13BrN2O4. The highest BCUT2D eigenvalue weighted by Crippen LogP contribution is 2.18. The summed E-state index contributed by atoms with van der Waals surface area (Å²) in [5.41, 5.74) is 6.18. The molecule has 1 aromatic carbocycles. The predicted molar refractivity (Wildman–Crippen MR) is 71.6 cm³/mol. The minimum atomic E-state index is -1.33. The molecule has 0 aliphatic heterocycles. The Morgan fingerprint density at radius 2 is 2.05 bits per heavy atom. The van der Waals surface area contributed by atoms with Crippen LogP contribution in [0.3, 0.4) is 0 Å². The number of nitrogens with one attached hydrogen (secondary N) is 1. The monoisotopic (exact) mass is 328 g/mol. The maximum absolute atomic E-state index is 11.9. The summed E-state index contributed by atoms with van der Waals surface area (Å²) in [6, 6.07) is 3.69. The van der Waals surface area contributed by atoms with Gasteiger partial charge in [-0.3, -0.25) is 9.59 Å². The highest BCUT2D eigenvalue weighted by Gasteiger charge is 2.23. The van der Waals surface area contributed by atoms with Crippen molar-refractivity contribution in [3.8, 4) is 0 Å². The number of benzene rings is 1. The quantitative estimate of drug-likeness (QED) is 0.743. The van der Waals surface area contributed by atoms with E-state index >= 15 is 0 Å². The first kappa shape index (κ1) is 15.2. The van der Waals surface area contributed by atoms with Gasteiger partial charge < -0.3 is 16.2 Å². The number of carbonyl (C=O) groups excluding carboxylic acids is 2. The summed E-state index contributed by atoms with van der Waals surface area (Å²) in [5.74, 6) is -2.69. The molecule has 0 aliphatic rings.